The number of para-hydroxylation sites is 2. The first-order chi connectivity index (χ1) is 10.1. The highest BCUT2D eigenvalue weighted by molar-refractivity contribution is 6.31. The van der Waals surface area contributed by atoms with Gasteiger partial charge in [0.2, 0.25) is 5.91 Å². The number of carbonyl (C=O) groups excluding carboxylic acids is 1. The van der Waals surface area contributed by atoms with Crippen LogP contribution in [0.2, 0.25) is 5.02 Å². The molecule has 1 heterocycles. The molecule has 1 amide bonds. The second-order valence-corrected chi connectivity index (χ2v) is 5.28. The number of halogens is 1. The third kappa shape index (κ3) is 2.50. The van der Waals surface area contributed by atoms with Gasteiger partial charge in [0, 0.05) is 24.6 Å². The van der Waals surface area contributed by atoms with Crippen molar-refractivity contribution in [3.63, 3.8) is 0 Å². The normalized spacial score (nSPS) is 10.8. The van der Waals surface area contributed by atoms with Gasteiger partial charge in [0.25, 0.3) is 0 Å². The number of nitrogens with one attached hydrogen (secondary N) is 1. The summed E-state index contributed by atoms with van der Waals surface area (Å²) in [5.74, 6) is 0.650. The number of rotatable bonds is 2. The van der Waals surface area contributed by atoms with E-state index in [1.165, 1.54) is 6.92 Å². The predicted octanol–water partition coefficient (Wildman–Crippen LogP) is 3.87. The number of fused-ring (bicyclic) bond motifs is 1. The average Bonchev–Trinajstić information content (AvgIpc) is 2.90. The minimum Gasteiger partial charge on any atom is -0.338 e. The molecule has 0 aliphatic carbocycles. The minimum absolute atomic E-state index is 0.0466. The fraction of sp³-hybridized carbons (Fsp3) is 0.125. The quantitative estimate of drug-likeness (QED) is 0.781. The summed E-state index contributed by atoms with van der Waals surface area (Å²) in [4.78, 5) is 21.1. The van der Waals surface area contributed by atoms with Crippen LogP contribution in [0.3, 0.4) is 0 Å². The Morgan fingerprint density at radius 1 is 1.24 bits per heavy atom. The molecule has 0 saturated carbocycles. The summed E-state index contributed by atoms with van der Waals surface area (Å²) in [6.07, 6.45) is 0. The number of H-pyrrole nitrogens is 1. The summed E-state index contributed by atoms with van der Waals surface area (Å²) in [5.41, 5.74) is 3.40. The van der Waals surface area contributed by atoms with Crippen LogP contribution in [-0.4, -0.2) is 22.9 Å². The number of imidazole rings is 1. The van der Waals surface area contributed by atoms with Crippen molar-refractivity contribution in [1.29, 1.82) is 0 Å². The Balaban J connectivity index is 2.20. The standard InChI is InChI=1S/C16H14ClN3O/c1-10(21)20(2)15-8-7-11(17)9-12(15)16-18-13-5-3-4-6-14(13)19-16/h3-9H,1-2H3,(H,18,19). The highest BCUT2D eigenvalue weighted by Gasteiger charge is 2.15. The summed E-state index contributed by atoms with van der Waals surface area (Å²) in [6, 6.07) is 13.2. The van der Waals surface area contributed by atoms with Crippen LogP contribution in [-0.2, 0) is 4.79 Å². The molecule has 1 aromatic heterocycles. The first-order valence-electron chi connectivity index (χ1n) is 6.55. The van der Waals surface area contributed by atoms with Gasteiger partial charge in [-0.05, 0) is 30.3 Å². The van der Waals surface area contributed by atoms with Gasteiger partial charge in [0.15, 0.2) is 0 Å². The van der Waals surface area contributed by atoms with Gasteiger partial charge >= 0.3 is 0 Å². The van der Waals surface area contributed by atoms with Crippen molar-refractivity contribution < 1.29 is 4.79 Å². The van der Waals surface area contributed by atoms with Gasteiger partial charge in [0.05, 0.1) is 16.7 Å². The second kappa shape index (κ2) is 5.22. The summed E-state index contributed by atoms with van der Waals surface area (Å²) in [7, 11) is 1.73. The zero-order chi connectivity index (χ0) is 15.0. The maximum Gasteiger partial charge on any atom is 0.223 e. The smallest absolute Gasteiger partial charge is 0.223 e. The van der Waals surface area contributed by atoms with E-state index < -0.39 is 0 Å². The number of anilines is 1. The van der Waals surface area contributed by atoms with Crippen molar-refractivity contribution in [2.45, 2.75) is 6.92 Å². The lowest BCUT2D eigenvalue weighted by molar-refractivity contribution is -0.116. The highest BCUT2D eigenvalue weighted by Crippen LogP contribution is 2.32. The summed E-state index contributed by atoms with van der Waals surface area (Å²) in [5, 5.41) is 0.603. The summed E-state index contributed by atoms with van der Waals surface area (Å²) >= 11 is 6.10. The fourth-order valence-electron chi connectivity index (χ4n) is 2.24. The number of hydrogen-bond donors (Lipinski definition) is 1. The zero-order valence-electron chi connectivity index (χ0n) is 11.7. The van der Waals surface area contributed by atoms with Gasteiger partial charge in [-0.15, -0.1) is 0 Å². The van der Waals surface area contributed by atoms with Crippen LogP contribution in [0.25, 0.3) is 22.4 Å². The van der Waals surface area contributed by atoms with E-state index in [1.54, 1.807) is 18.0 Å². The molecule has 0 spiro atoms. The monoisotopic (exact) mass is 299 g/mol. The van der Waals surface area contributed by atoms with Crippen LogP contribution < -0.4 is 4.90 Å². The molecular formula is C16H14ClN3O. The molecule has 0 radical (unpaired) electrons. The molecule has 0 aliphatic heterocycles. The van der Waals surface area contributed by atoms with E-state index in [0.29, 0.717) is 10.8 Å². The van der Waals surface area contributed by atoms with Gasteiger partial charge in [-0.3, -0.25) is 4.79 Å². The third-order valence-corrected chi connectivity index (χ3v) is 3.67. The van der Waals surface area contributed by atoms with Gasteiger partial charge in [-0.25, -0.2) is 4.98 Å². The van der Waals surface area contributed by atoms with Crippen LogP contribution in [0.5, 0.6) is 0 Å². The topological polar surface area (TPSA) is 49.0 Å². The molecule has 4 nitrogen and oxygen atoms in total. The van der Waals surface area contributed by atoms with Crippen LogP contribution in [0.4, 0.5) is 5.69 Å². The summed E-state index contributed by atoms with van der Waals surface area (Å²) < 4.78 is 0. The van der Waals surface area contributed by atoms with Crippen molar-refractivity contribution in [2.75, 3.05) is 11.9 Å². The molecule has 21 heavy (non-hydrogen) atoms. The van der Waals surface area contributed by atoms with E-state index >= 15 is 0 Å². The van der Waals surface area contributed by atoms with Crippen LogP contribution in [0.1, 0.15) is 6.92 Å². The lowest BCUT2D eigenvalue weighted by atomic mass is 10.1. The maximum atomic E-state index is 11.6. The third-order valence-electron chi connectivity index (χ3n) is 3.44. The first-order valence-corrected chi connectivity index (χ1v) is 6.93. The number of benzene rings is 2. The maximum absolute atomic E-state index is 11.6. The van der Waals surface area contributed by atoms with Crippen LogP contribution in [0, 0.1) is 0 Å². The van der Waals surface area contributed by atoms with Gasteiger partial charge in [0.1, 0.15) is 5.82 Å². The number of hydrogen-bond acceptors (Lipinski definition) is 2. The van der Waals surface area contributed by atoms with E-state index in [9.17, 15) is 4.79 Å². The molecule has 106 valence electrons. The molecule has 0 aliphatic rings. The van der Waals surface area contributed by atoms with Gasteiger partial charge in [-0.2, -0.15) is 0 Å². The highest BCUT2D eigenvalue weighted by atomic mass is 35.5. The fourth-order valence-corrected chi connectivity index (χ4v) is 2.41. The Hall–Kier alpha value is -2.33. The molecule has 0 atom stereocenters. The Morgan fingerprint density at radius 2 is 2.00 bits per heavy atom. The van der Waals surface area contributed by atoms with Crippen molar-refractivity contribution in [2.24, 2.45) is 0 Å². The minimum atomic E-state index is -0.0466. The molecule has 3 rings (SSSR count). The Labute approximate surface area is 127 Å². The molecule has 5 heteroatoms. The Morgan fingerprint density at radius 3 is 2.71 bits per heavy atom. The SMILES string of the molecule is CC(=O)N(C)c1ccc(Cl)cc1-c1nc2ccccc2[nH]1. The average molecular weight is 300 g/mol. The van der Waals surface area contributed by atoms with E-state index in [1.807, 2.05) is 36.4 Å². The molecule has 0 saturated heterocycles. The van der Waals surface area contributed by atoms with Crippen molar-refractivity contribution >= 4 is 34.2 Å². The number of aromatic amines is 1. The first kappa shape index (κ1) is 13.6. The number of amides is 1. The molecule has 0 fully saturated rings. The molecule has 3 aromatic rings. The van der Waals surface area contributed by atoms with E-state index in [4.69, 9.17) is 11.6 Å². The van der Waals surface area contributed by atoms with Gasteiger partial charge in [-0.1, -0.05) is 23.7 Å². The number of aromatic nitrogens is 2. The number of carbonyl (C=O) groups is 1. The van der Waals surface area contributed by atoms with E-state index in [-0.39, 0.29) is 5.91 Å². The lowest BCUT2D eigenvalue weighted by Gasteiger charge is -2.18. The molecule has 0 bridgehead atoms. The van der Waals surface area contributed by atoms with Crippen LogP contribution in [0.15, 0.2) is 42.5 Å². The molecule has 0 unspecified atom stereocenters. The van der Waals surface area contributed by atoms with E-state index in [0.717, 1.165) is 22.3 Å². The van der Waals surface area contributed by atoms with Crippen molar-refractivity contribution in [3.05, 3.63) is 47.5 Å². The lowest BCUT2D eigenvalue weighted by Crippen LogP contribution is -2.23. The van der Waals surface area contributed by atoms with Crippen molar-refractivity contribution in [3.8, 4) is 11.4 Å². The van der Waals surface area contributed by atoms with Gasteiger partial charge < -0.3 is 9.88 Å². The zero-order valence-corrected chi connectivity index (χ0v) is 12.5. The Bertz CT molecular complexity index is 792. The number of nitrogens with zero attached hydrogens (tertiary/aromatic N) is 2. The molecular weight excluding hydrogens is 286 g/mol. The largest absolute Gasteiger partial charge is 0.338 e. The predicted molar refractivity (Wildman–Crippen MR) is 85.6 cm³/mol. The van der Waals surface area contributed by atoms with Crippen LogP contribution >= 0.6 is 11.6 Å². The van der Waals surface area contributed by atoms with E-state index in [2.05, 4.69) is 9.97 Å². The molecule has 2 aromatic carbocycles. The summed E-state index contributed by atoms with van der Waals surface area (Å²) in [6.45, 7) is 1.52. The second-order valence-electron chi connectivity index (χ2n) is 4.84. The molecule has 1 N–H and O–H groups in total. The Kier molecular flexibility index (Phi) is 3.39. The van der Waals surface area contributed by atoms with Crippen molar-refractivity contribution in [1.82, 2.24) is 9.97 Å².